The highest BCUT2D eigenvalue weighted by Crippen LogP contribution is 2.29. The number of benzene rings is 1. The molecular formula is C20H22N4O2. The maximum Gasteiger partial charge on any atom is 0.248 e. The Morgan fingerprint density at radius 3 is 2.92 bits per heavy atom. The van der Waals surface area contributed by atoms with Gasteiger partial charge in [0.15, 0.2) is 0 Å². The number of nitrogens with zero attached hydrogens (tertiary/aromatic N) is 3. The first-order chi connectivity index (χ1) is 12.5. The Morgan fingerprint density at radius 2 is 2.15 bits per heavy atom. The third-order valence-electron chi connectivity index (χ3n) is 5.19. The molecule has 134 valence electrons. The van der Waals surface area contributed by atoms with Crippen LogP contribution in [0.25, 0.3) is 10.9 Å². The topological polar surface area (TPSA) is 84.4 Å². The molecule has 1 saturated heterocycles. The number of pyridine rings is 1. The lowest BCUT2D eigenvalue weighted by Gasteiger charge is -2.18. The minimum atomic E-state index is -0.453. The number of aliphatic hydroxyl groups is 1. The number of aromatic nitrogens is 2. The minimum absolute atomic E-state index is 0.0315. The van der Waals surface area contributed by atoms with Gasteiger partial charge in [0.1, 0.15) is 0 Å². The number of nitrogens with two attached hydrogens (primary N) is 1. The summed E-state index contributed by atoms with van der Waals surface area (Å²) in [4.78, 5) is 18.1. The first-order valence-electron chi connectivity index (χ1n) is 8.74. The number of fused-ring (bicyclic) bond motifs is 1. The van der Waals surface area contributed by atoms with E-state index in [-0.39, 0.29) is 6.04 Å². The van der Waals surface area contributed by atoms with Crippen molar-refractivity contribution in [3.63, 3.8) is 0 Å². The van der Waals surface area contributed by atoms with Crippen LogP contribution < -0.4 is 5.73 Å². The molecule has 2 aromatic heterocycles. The highest BCUT2D eigenvalue weighted by atomic mass is 16.3. The first kappa shape index (κ1) is 16.8. The summed E-state index contributed by atoms with van der Waals surface area (Å²) >= 11 is 0. The maximum atomic E-state index is 11.4. The number of β-amino-alcohol motifs (C(OH)–C–C–N with tert-alkyl or cyclic N) is 1. The molecule has 0 bridgehead atoms. The summed E-state index contributed by atoms with van der Waals surface area (Å²) in [5, 5.41) is 11.6. The molecule has 3 aromatic rings. The van der Waals surface area contributed by atoms with E-state index < -0.39 is 12.0 Å². The molecule has 4 rings (SSSR count). The first-order valence-corrected chi connectivity index (χ1v) is 8.74. The quantitative estimate of drug-likeness (QED) is 0.752. The largest absolute Gasteiger partial charge is 0.390 e. The van der Waals surface area contributed by atoms with Crippen LogP contribution in [-0.4, -0.2) is 44.7 Å². The van der Waals surface area contributed by atoms with Crippen LogP contribution in [-0.2, 0) is 6.54 Å². The summed E-state index contributed by atoms with van der Waals surface area (Å²) < 4.78 is 2.09. The minimum Gasteiger partial charge on any atom is -0.390 e. The lowest BCUT2D eigenvalue weighted by atomic mass is 10.1. The van der Waals surface area contributed by atoms with Gasteiger partial charge in [-0.1, -0.05) is 6.07 Å². The van der Waals surface area contributed by atoms with Gasteiger partial charge in [0, 0.05) is 48.5 Å². The predicted molar refractivity (Wildman–Crippen MR) is 99.8 cm³/mol. The number of aryl methyl sites for hydroxylation is 1. The average Bonchev–Trinajstić information content (AvgIpc) is 3.19. The molecule has 0 spiro atoms. The van der Waals surface area contributed by atoms with E-state index in [2.05, 4.69) is 27.4 Å². The standard InChI is InChI=1S/C20H22N4O2/c1-13-3-2-7-22-16(13)10-23-11-18(19(25)12-23)24-8-6-14-9-15(20(21)26)4-5-17(14)24/h2-9,18-19,25H,10-12H2,1H3,(H2,21,26)/t18-,19-/m1/s1. The zero-order valence-electron chi connectivity index (χ0n) is 14.7. The fourth-order valence-electron chi connectivity index (χ4n) is 3.75. The van der Waals surface area contributed by atoms with Crippen molar-refractivity contribution in [3.8, 4) is 0 Å². The van der Waals surface area contributed by atoms with Gasteiger partial charge in [-0.25, -0.2) is 0 Å². The third kappa shape index (κ3) is 2.98. The van der Waals surface area contributed by atoms with Crippen LogP contribution in [0.1, 0.15) is 27.7 Å². The van der Waals surface area contributed by atoms with Crippen molar-refractivity contribution in [3.05, 3.63) is 65.6 Å². The number of primary amides is 1. The summed E-state index contributed by atoms with van der Waals surface area (Å²) in [6.45, 7) is 4.14. The summed E-state index contributed by atoms with van der Waals surface area (Å²) in [6.07, 6.45) is 3.33. The third-order valence-corrected chi connectivity index (χ3v) is 5.19. The van der Waals surface area contributed by atoms with Gasteiger partial charge in [-0.2, -0.15) is 0 Å². The van der Waals surface area contributed by atoms with Crippen molar-refractivity contribution >= 4 is 16.8 Å². The number of likely N-dealkylation sites (tertiary alicyclic amines) is 1. The van der Waals surface area contributed by atoms with Gasteiger partial charge in [-0.15, -0.1) is 0 Å². The number of hydrogen-bond acceptors (Lipinski definition) is 4. The monoisotopic (exact) mass is 350 g/mol. The molecule has 1 fully saturated rings. The van der Waals surface area contributed by atoms with E-state index in [0.717, 1.165) is 35.2 Å². The molecule has 1 aliphatic rings. The highest BCUT2D eigenvalue weighted by Gasteiger charge is 2.33. The molecule has 0 radical (unpaired) electrons. The molecule has 0 aliphatic carbocycles. The van der Waals surface area contributed by atoms with Gasteiger partial charge in [-0.05, 0) is 42.8 Å². The number of aliphatic hydroxyl groups excluding tert-OH is 1. The van der Waals surface area contributed by atoms with Gasteiger partial charge in [0.2, 0.25) is 5.91 Å². The highest BCUT2D eigenvalue weighted by molar-refractivity contribution is 5.97. The summed E-state index contributed by atoms with van der Waals surface area (Å²) in [7, 11) is 0. The van der Waals surface area contributed by atoms with Crippen molar-refractivity contribution in [1.82, 2.24) is 14.5 Å². The SMILES string of the molecule is Cc1cccnc1CN1C[C@@H](O)[C@H](n2ccc3cc(C(N)=O)ccc32)C1. The second kappa shape index (κ2) is 6.55. The summed E-state index contributed by atoms with van der Waals surface area (Å²) in [6, 6.07) is 11.3. The number of hydrogen-bond donors (Lipinski definition) is 2. The predicted octanol–water partition coefficient (Wildman–Crippen LogP) is 1.86. The van der Waals surface area contributed by atoms with Gasteiger partial charge in [0.05, 0.1) is 17.8 Å². The number of rotatable bonds is 4. The van der Waals surface area contributed by atoms with Crippen LogP contribution in [0, 0.1) is 6.92 Å². The van der Waals surface area contributed by atoms with E-state index in [1.165, 1.54) is 0 Å². The van der Waals surface area contributed by atoms with E-state index in [1.807, 2.05) is 30.6 Å². The van der Waals surface area contributed by atoms with Crippen molar-refractivity contribution in [2.75, 3.05) is 13.1 Å². The fourth-order valence-corrected chi connectivity index (χ4v) is 3.75. The van der Waals surface area contributed by atoms with Crippen LogP contribution in [0.5, 0.6) is 0 Å². The zero-order valence-corrected chi connectivity index (χ0v) is 14.7. The molecule has 3 N–H and O–H groups in total. The van der Waals surface area contributed by atoms with E-state index in [9.17, 15) is 9.90 Å². The molecule has 6 heteroatoms. The normalized spacial score (nSPS) is 20.7. The van der Waals surface area contributed by atoms with E-state index in [0.29, 0.717) is 12.1 Å². The van der Waals surface area contributed by atoms with Crippen LogP contribution in [0.4, 0.5) is 0 Å². The van der Waals surface area contributed by atoms with Crippen molar-refractivity contribution < 1.29 is 9.90 Å². The smallest absolute Gasteiger partial charge is 0.248 e. The Hall–Kier alpha value is -2.70. The van der Waals surface area contributed by atoms with Crippen LogP contribution in [0.15, 0.2) is 48.8 Å². The molecular weight excluding hydrogens is 328 g/mol. The van der Waals surface area contributed by atoms with Gasteiger partial charge in [0.25, 0.3) is 0 Å². The van der Waals surface area contributed by atoms with Crippen LogP contribution in [0.2, 0.25) is 0 Å². The second-order valence-corrected chi connectivity index (χ2v) is 6.96. The van der Waals surface area contributed by atoms with Gasteiger partial charge < -0.3 is 15.4 Å². The molecule has 1 amide bonds. The fraction of sp³-hybridized carbons (Fsp3) is 0.300. The Balaban J connectivity index is 1.57. The Kier molecular flexibility index (Phi) is 4.22. The molecule has 1 aliphatic heterocycles. The van der Waals surface area contributed by atoms with Gasteiger partial charge in [-0.3, -0.25) is 14.7 Å². The maximum absolute atomic E-state index is 11.4. The van der Waals surface area contributed by atoms with Crippen LogP contribution in [0.3, 0.4) is 0 Å². The van der Waals surface area contributed by atoms with Crippen molar-refractivity contribution in [2.24, 2.45) is 5.73 Å². The molecule has 0 unspecified atom stereocenters. The summed E-state index contributed by atoms with van der Waals surface area (Å²) in [5.41, 5.74) is 9.06. The average molecular weight is 350 g/mol. The van der Waals surface area contributed by atoms with E-state index >= 15 is 0 Å². The van der Waals surface area contributed by atoms with Crippen molar-refractivity contribution in [2.45, 2.75) is 25.6 Å². The van der Waals surface area contributed by atoms with E-state index in [1.54, 1.807) is 12.1 Å². The van der Waals surface area contributed by atoms with Gasteiger partial charge >= 0.3 is 0 Å². The Morgan fingerprint density at radius 1 is 1.31 bits per heavy atom. The number of carbonyl (C=O) groups is 1. The number of carbonyl (C=O) groups excluding carboxylic acids is 1. The lowest BCUT2D eigenvalue weighted by molar-refractivity contribution is 0.100. The molecule has 3 heterocycles. The summed E-state index contributed by atoms with van der Waals surface area (Å²) in [5.74, 6) is -0.433. The van der Waals surface area contributed by atoms with Crippen LogP contribution >= 0.6 is 0 Å². The second-order valence-electron chi connectivity index (χ2n) is 6.96. The lowest BCUT2D eigenvalue weighted by Crippen LogP contribution is -2.22. The molecule has 1 aromatic carbocycles. The Labute approximate surface area is 151 Å². The van der Waals surface area contributed by atoms with Crippen molar-refractivity contribution in [1.29, 1.82) is 0 Å². The Bertz CT molecular complexity index is 965. The molecule has 0 saturated carbocycles. The zero-order chi connectivity index (χ0) is 18.3. The molecule has 2 atom stereocenters. The number of amides is 1. The molecule has 26 heavy (non-hydrogen) atoms. The van der Waals surface area contributed by atoms with E-state index in [4.69, 9.17) is 5.73 Å². The molecule has 6 nitrogen and oxygen atoms in total.